The van der Waals surface area contributed by atoms with Gasteiger partial charge in [-0.15, -0.1) is 0 Å². The lowest BCUT2D eigenvalue weighted by Gasteiger charge is -2.31. The van der Waals surface area contributed by atoms with Crippen molar-refractivity contribution in [1.29, 1.82) is 0 Å². The molecular weight excluding hydrogens is 336 g/mol. The van der Waals surface area contributed by atoms with Crippen LogP contribution in [0.5, 0.6) is 5.75 Å². The van der Waals surface area contributed by atoms with Gasteiger partial charge in [-0.25, -0.2) is 0 Å². The Bertz CT molecular complexity index is 909. The van der Waals surface area contributed by atoms with Crippen LogP contribution in [0.4, 0.5) is 0 Å². The highest BCUT2D eigenvalue weighted by Gasteiger charge is 2.22. The zero-order valence-corrected chi connectivity index (χ0v) is 15.8. The van der Waals surface area contributed by atoms with Crippen molar-refractivity contribution in [3.63, 3.8) is 0 Å². The van der Waals surface area contributed by atoms with Crippen molar-refractivity contribution in [3.05, 3.63) is 65.9 Å². The quantitative estimate of drug-likeness (QED) is 0.665. The molecule has 1 aliphatic heterocycles. The van der Waals surface area contributed by atoms with Crippen LogP contribution in [0.25, 0.3) is 10.9 Å². The lowest BCUT2D eigenvalue weighted by molar-refractivity contribution is 0.0897. The second kappa shape index (κ2) is 7.97. The van der Waals surface area contributed by atoms with Crippen LogP contribution in [0, 0.1) is 5.92 Å². The Labute approximate surface area is 160 Å². The number of Topliss-reactive ketones (excluding diaryl/α,β-unsaturated/α-hetero) is 1. The summed E-state index contributed by atoms with van der Waals surface area (Å²) in [6.45, 7) is 2.48. The molecule has 0 radical (unpaired) electrons. The van der Waals surface area contributed by atoms with Crippen molar-refractivity contribution in [2.75, 3.05) is 26.7 Å². The van der Waals surface area contributed by atoms with Crippen molar-refractivity contribution >= 4 is 16.7 Å². The second-order valence-corrected chi connectivity index (χ2v) is 7.45. The third-order valence-corrected chi connectivity index (χ3v) is 5.63. The maximum Gasteiger partial charge on any atom is 0.178 e. The Morgan fingerprint density at radius 1 is 1.15 bits per heavy atom. The number of fused-ring (bicyclic) bond motifs is 1. The first-order chi connectivity index (χ1) is 13.2. The first-order valence-corrected chi connectivity index (χ1v) is 9.67. The molecule has 0 saturated carbocycles. The molecule has 1 fully saturated rings. The summed E-state index contributed by atoms with van der Waals surface area (Å²) in [5.74, 6) is 1.67. The predicted octanol–water partition coefficient (Wildman–Crippen LogP) is 4.31. The molecule has 3 aromatic rings. The highest BCUT2D eigenvalue weighted by molar-refractivity contribution is 6.09. The fourth-order valence-electron chi connectivity index (χ4n) is 4.04. The molecule has 4 heteroatoms. The largest absolute Gasteiger partial charge is 0.497 e. The third-order valence-electron chi connectivity index (χ3n) is 5.63. The Morgan fingerprint density at radius 2 is 1.93 bits per heavy atom. The van der Waals surface area contributed by atoms with E-state index in [0.29, 0.717) is 6.54 Å². The average Bonchev–Trinajstić information content (AvgIpc) is 3.13. The van der Waals surface area contributed by atoms with Crippen LogP contribution >= 0.6 is 0 Å². The number of aromatic amines is 1. The zero-order valence-electron chi connectivity index (χ0n) is 15.8. The van der Waals surface area contributed by atoms with Crippen LogP contribution in [-0.4, -0.2) is 42.4 Å². The number of piperidine rings is 1. The number of ketones is 1. The van der Waals surface area contributed by atoms with Gasteiger partial charge in [-0.1, -0.05) is 30.3 Å². The number of hydrogen-bond acceptors (Lipinski definition) is 3. The molecule has 27 heavy (non-hydrogen) atoms. The predicted molar refractivity (Wildman–Crippen MR) is 108 cm³/mol. The molecule has 0 aliphatic carbocycles. The Kier molecular flexibility index (Phi) is 5.26. The lowest BCUT2D eigenvalue weighted by Crippen LogP contribution is -2.37. The lowest BCUT2D eigenvalue weighted by atomic mass is 9.90. The van der Waals surface area contributed by atoms with Gasteiger partial charge in [0.1, 0.15) is 5.75 Å². The number of H-pyrrole nitrogens is 1. The minimum atomic E-state index is 0.177. The van der Waals surface area contributed by atoms with E-state index in [1.54, 1.807) is 7.11 Å². The van der Waals surface area contributed by atoms with Crippen LogP contribution in [0.15, 0.2) is 54.7 Å². The molecule has 140 valence electrons. The summed E-state index contributed by atoms with van der Waals surface area (Å²) in [6.07, 6.45) is 5.28. The van der Waals surface area contributed by atoms with Crippen LogP contribution in [0.3, 0.4) is 0 Å². The Hall–Kier alpha value is -2.59. The van der Waals surface area contributed by atoms with Crippen LogP contribution in [0.2, 0.25) is 0 Å². The summed E-state index contributed by atoms with van der Waals surface area (Å²) >= 11 is 0. The summed E-state index contributed by atoms with van der Waals surface area (Å²) in [5.41, 5.74) is 3.15. The van der Waals surface area contributed by atoms with E-state index in [9.17, 15) is 4.79 Å². The maximum absolute atomic E-state index is 12.9. The van der Waals surface area contributed by atoms with E-state index in [2.05, 4.69) is 40.2 Å². The van der Waals surface area contributed by atoms with Gasteiger partial charge in [-0.05, 0) is 62.0 Å². The van der Waals surface area contributed by atoms with Gasteiger partial charge in [0.15, 0.2) is 5.78 Å². The minimum Gasteiger partial charge on any atom is -0.497 e. The van der Waals surface area contributed by atoms with E-state index >= 15 is 0 Å². The normalized spacial score (nSPS) is 15.9. The van der Waals surface area contributed by atoms with Crippen molar-refractivity contribution in [2.45, 2.75) is 19.3 Å². The third kappa shape index (κ3) is 4.06. The molecule has 1 saturated heterocycles. The molecule has 2 heterocycles. The van der Waals surface area contributed by atoms with E-state index < -0.39 is 0 Å². The summed E-state index contributed by atoms with van der Waals surface area (Å²) < 4.78 is 5.30. The number of aromatic nitrogens is 1. The summed E-state index contributed by atoms with van der Waals surface area (Å²) in [6, 6.07) is 16.5. The van der Waals surface area contributed by atoms with E-state index in [0.717, 1.165) is 60.5 Å². The molecule has 1 N–H and O–H groups in total. The SMILES string of the molecule is COc1ccc2[nH]cc(C(=O)CN3CCC(Cc4ccccc4)CC3)c2c1. The highest BCUT2D eigenvalue weighted by atomic mass is 16.5. The molecule has 0 amide bonds. The Morgan fingerprint density at radius 3 is 2.67 bits per heavy atom. The molecule has 4 nitrogen and oxygen atoms in total. The van der Waals surface area contributed by atoms with E-state index in [4.69, 9.17) is 4.74 Å². The first kappa shape index (κ1) is 17.8. The number of carbonyl (C=O) groups excluding carboxylic acids is 1. The first-order valence-electron chi connectivity index (χ1n) is 9.67. The summed E-state index contributed by atoms with van der Waals surface area (Å²) in [7, 11) is 1.65. The van der Waals surface area contributed by atoms with Crippen LogP contribution < -0.4 is 4.74 Å². The molecular formula is C23H26N2O2. The van der Waals surface area contributed by atoms with Crippen molar-refractivity contribution in [3.8, 4) is 5.75 Å². The number of nitrogens with zero attached hydrogens (tertiary/aromatic N) is 1. The number of hydrogen-bond donors (Lipinski definition) is 1. The van der Waals surface area contributed by atoms with Gasteiger partial charge >= 0.3 is 0 Å². The van der Waals surface area contributed by atoms with Crippen LogP contribution in [-0.2, 0) is 6.42 Å². The smallest absolute Gasteiger partial charge is 0.178 e. The Balaban J connectivity index is 1.36. The van der Waals surface area contributed by atoms with Gasteiger partial charge in [0.05, 0.1) is 13.7 Å². The van der Waals surface area contributed by atoms with E-state index in [1.807, 2.05) is 24.4 Å². The number of benzene rings is 2. The van der Waals surface area contributed by atoms with Gasteiger partial charge < -0.3 is 9.72 Å². The van der Waals surface area contributed by atoms with Crippen molar-refractivity contribution < 1.29 is 9.53 Å². The number of ether oxygens (including phenoxy) is 1. The number of nitrogens with one attached hydrogen (secondary N) is 1. The maximum atomic E-state index is 12.9. The van der Waals surface area contributed by atoms with Crippen LogP contribution in [0.1, 0.15) is 28.8 Å². The minimum absolute atomic E-state index is 0.177. The monoisotopic (exact) mass is 362 g/mol. The average molecular weight is 362 g/mol. The topological polar surface area (TPSA) is 45.3 Å². The molecule has 4 rings (SSSR count). The number of likely N-dealkylation sites (tertiary alicyclic amines) is 1. The van der Waals surface area contributed by atoms with Gasteiger partial charge in [0, 0.05) is 22.7 Å². The highest BCUT2D eigenvalue weighted by Crippen LogP contribution is 2.25. The number of rotatable bonds is 6. The number of carbonyl (C=O) groups is 1. The van der Waals surface area contributed by atoms with Gasteiger partial charge in [-0.3, -0.25) is 9.69 Å². The zero-order chi connectivity index (χ0) is 18.6. The molecule has 0 spiro atoms. The van der Waals surface area contributed by atoms with E-state index in [-0.39, 0.29) is 5.78 Å². The van der Waals surface area contributed by atoms with Gasteiger partial charge in [0.25, 0.3) is 0 Å². The fraction of sp³-hybridized carbons (Fsp3) is 0.348. The van der Waals surface area contributed by atoms with Gasteiger partial charge in [0.2, 0.25) is 0 Å². The molecule has 2 aromatic carbocycles. The van der Waals surface area contributed by atoms with E-state index in [1.165, 1.54) is 5.56 Å². The van der Waals surface area contributed by atoms with Crippen molar-refractivity contribution in [1.82, 2.24) is 9.88 Å². The fourth-order valence-corrected chi connectivity index (χ4v) is 4.04. The summed E-state index contributed by atoms with van der Waals surface area (Å²) in [4.78, 5) is 18.3. The van der Waals surface area contributed by atoms with Crippen molar-refractivity contribution in [2.24, 2.45) is 5.92 Å². The molecule has 0 bridgehead atoms. The standard InChI is InChI=1S/C23H26N2O2/c1-27-19-7-8-22-20(14-19)21(15-24-22)23(26)16-25-11-9-18(10-12-25)13-17-5-3-2-4-6-17/h2-8,14-15,18,24H,9-13,16H2,1H3. The summed E-state index contributed by atoms with van der Waals surface area (Å²) in [5, 5.41) is 0.943. The molecule has 1 aliphatic rings. The molecule has 0 atom stereocenters. The number of methoxy groups -OCH3 is 1. The second-order valence-electron chi connectivity index (χ2n) is 7.45. The molecule has 1 aromatic heterocycles. The molecule has 0 unspecified atom stereocenters. The van der Waals surface area contributed by atoms with Gasteiger partial charge in [-0.2, -0.15) is 0 Å².